The minimum atomic E-state index is -5.08. The Labute approximate surface area is 226 Å². The molecule has 4 heterocycles. The molecule has 5 rings (SSSR count). The Kier molecular flexibility index (Phi) is 8.52. The van der Waals surface area contributed by atoms with E-state index in [-0.39, 0.29) is 23.6 Å². The molecule has 39 heavy (non-hydrogen) atoms. The minimum absolute atomic E-state index is 0.00146. The van der Waals surface area contributed by atoms with E-state index in [0.29, 0.717) is 22.6 Å². The Morgan fingerprint density at radius 2 is 1.92 bits per heavy atom. The summed E-state index contributed by atoms with van der Waals surface area (Å²) in [6, 6.07) is 7.97. The zero-order chi connectivity index (χ0) is 28.5. The van der Waals surface area contributed by atoms with Gasteiger partial charge >= 0.3 is 12.1 Å². The fourth-order valence-electron chi connectivity index (χ4n) is 4.82. The highest BCUT2D eigenvalue weighted by Crippen LogP contribution is 2.41. The number of carbonyl (C=O) groups excluding carboxylic acids is 1. The van der Waals surface area contributed by atoms with Crippen molar-refractivity contribution in [3.63, 3.8) is 0 Å². The molecule has 0 saturated carbocycles. The first-order chi connectivity index (χ1) is 18.4. The number of hydrogen-bond donors (Lipinski definition) is 1. The zero-order valence-electron chi connectivity index (χ0n) is 21.8. The van der Waals surface area contributed by atoms with Gasteiger partial charge in [0.15, 0.2) is 5.75 Å². The van der Waals surface area contributed by atoms with Crippen LogP contribution < -0.4 is 10.3 Å². The molecule has 2 atom stereocenters. The Morgan fingerprint density at radius 1 is 1.23 bits per heavy atom. The number of alkyl halides is 3. The van der Waals surface area contributed by atoms with E-state index in [1.54, 1.807) is 11.6 Å². The summed E-state index contributed by atoms with van der Waals surface area (Å²) in [7, 11) is 5.70. The third-order valence-electron chi connectivity index (χ3n) is 7.00. The number of rotatable bonds is 5. The SMILES string of the molecule is CN1CCC(N(C)C(=O)c2sc3c(c2OCC2CCCO2)c(=O)n(C)c2ccccc32)C1.O=C(O)C(F)(F)F. The van der Waals surface area contributed by atoms with Gasteiger partial charge in [-0.1, -0.05) is 18.2 Å². The van der Waals surface area contributed by atoms with Crippen molar-refractivity contribution in [2.24, 2.45) is 7.05 Å². The molecule has 2 saturated heterocycles. The lowest BCUT2D eigenvalue weighted by molar-refractivity contribution is -0.192. The number of benzene rings is 1. The number of ether oxygens (including phenoxy) is 2. The van der Waals surface area contributed by atoms with Crippen molar-refractivity contribution in [2.45, 2.75) is 37.6 Å². The molecule has 1 N–H and O–H groups in total. The van der Waals surface area contributed by atoms with Crippen LogP contribution in [0.25, 0.3) is 21.0 Å². The van der Waals surface area contributed by atoms with Gasteiger partial charge in [-0.15, -0.1) is 11.3 Å². The summed E-state index contributed by atoms with van der Waals surface area (Å²) in [4.78, 5) is 40.5. The summed E-state index contributed by atoms with van der Waals surface area (Å²) in [5.74, 6) is -2.43. The molecule has 212 valence electrons. The quantitative estimate of drug-likeness (QED) is 0.500. The van der Waals surface area contributed by atoms with Crippen molar-refractivity contribution in [1.82, 2.24) is 14.4 Å². The predicted octanol–water partition coefficient (Wildman–Crippen LogP) is 3.72. The summed E-state index contributed by atoms with van der Waals surface area (Å²) in [6.07, 6.45) is -2.20. The topological polar surface area (TPSA) is 101 Å². The van der Waals surface area contributed by atoms with Crippen LogP contribution in [0.5, 0.6) is 5.75 Å². The number of para-hydroxylation sites is 1. The number of aromatic nitrogens is 1. The van der Waals surface area contributed by atoms with E-state index in [4.69, 9.17) is 19.4 Å². The zero-order valence-corrected chi connectivity index (χ0v) is 22.6. The van der Waals surface area contributed by atoms with Crippen molar-refractivity contribution >= 4 is 44.2 Å². The van der Waals surface area contributed by atoms with Gasteiger partial charge in [0.25, 0.3) is 11.5 Å². The highest BCUT2D eigenvalue weighted by molar-refractivity contribution is 7.22. The van der Waals surface area contributed by atoms with E-state index in [9.17, 15) is 22.8 Å². The number of halogens is 3. The second-order valence-corrected chi connectivity index (χ2v) is 10.7. The average Bonchev–Trinajstić information content (AvgIpc) is 3.65. The Hall–Kier alpha value is -3.16. The molecule has 2 aromatic heterocycles. The molecule has 2 aliphatic heterocycles. The number of pyridine rings is 1. The number of aryl methyl sites for hydroxylation is 1. The summed E-state index contributed by atoms with van der Waals surface area (Å²) in [5, 5.41) is 8.58. The first-order valence-corrected chi connectivity index (χ1v) is 13.3. The van der Waals surface area contributed by atoms with Crippen LogP contribution in [0.1, 0.15) is 28.9 Å². The van der Waals surface area contributed by atoms with Gasteiger partial charge in [0.2, 0.25) is 0 Å². The normalized spacial score (nSPS) is 19.7. The Balaban J connectivity index is 0.000000448. The molecule has 2 aliphatic rings. The minimum Gasteiger partial charge on any atom is -0.488 e. The molecule has 0 spiro atoms. The number of carboxylic acids is 1. The number of hydrogen-bond acceptors (Lipinski definition) is 7. The van der Waals surface area contributed by atoms with Gasteiger partial charge in [0.05, 0.1) is 16.3 Å². The van der Waals surface area contributed by atoms with E-state index < -0.39 is 12.1 Å². The van der Waals surface area contributed by atoms with E-state index in [0.717, 1.165) is 54.6 Å². The Bertz CT molecular complexity index is 1430. The van der Waals surface area contributed by atoms with Gasteiger partial charge in [-0.2, -0.15) is 13.2 Å². The van der Waals surface area contributed by atoms with Crippen molar-refractivity contribution in [3.05, 3.63) is 39.5 Å². The van der Waals surface area contributed by atoms with Crippen molar-refractivity contribution in [2.75, 3.05) is 40.4 Å². The monoisotopic (exact) mass is 569 g/mol. The molecule has 2 fully saturated rings. The van der Waals surface area contributed by atoms with Crippen LogP contribution in [-0.4, -0.2) is 90.1 Å². The molecule has 0 aliphatic carbocycles. The van der Waals surface area contributed by atoms with Gasteiger partial charge in [-0.05, 0) is 38.9 Å². The molecule has 0 bridgehead atoms. The highest BCUT2D eigenvalue weighted by atomic mass is 32.1. The molecule has 9 nitrogen and oxygen atoms in total. The molecule has 1 aromatic carbocycles. The van der Waals surface area contributed by atoms with E-state index >= 15 is 0 Å². The summed E-state index contributed by atoms with van der Waals surface area (Å²) in [5.41, 5.74) is 0.710. The molecular formula is C26H30F3N3O6S. The van der Waals surface area contributed by atoms with Crippen molar-refractivity contribution in [3.8, 4) is 5.75 Å². The lowest BCUT2D eigenvalue weighted by atomic mass is 10.1. The first-order valence-electron chi connectivity index (χ1n) is 12.4. The van der Waals surface area contributed by atoms with Crippen LogP contribution in [0.2, 0.25) is 0 Å². The fraction of sp³-hybridized carbons (Fsp3) is 0.500. The number of fused-ring (bicyclic) bond motifs is 3. The van der Waals surface area contributed by atoms with Crippen molar-refractivity contribution < 1.29 is 37.3 Å². The van der Waals surface area contributed by atoms with Gasteiger partial charge in [0.1, 0.15) is 16.9 Å². The fourth-order valence-corrected chi connectivity index (χ4v) is 6.07. The maximum absolute atomic E-state index is 13.7. The Morgan fingerprint density at radius 3 is 2.51 bits per heavy atom. The number of carbonyl (C=O) groups is 2. The van der Waals surface area contributed by atoms with Gasteiger partial charge in [-0.3, -0.25) is 9.59 Å². The van der Waals surface area contributed by atoms with Gasteiger partial charge in [0, 0.05) is 38.7 Å². The standard InChI is InChI=1S/C24H29N3O4S.C2HF3O2/c1-25-11-10-15(13-25)26(2)24(29)22-20(31-14-16-7-6-12-30-16)19-21(32-22)17-8-4-5-9-18(17)27(3)23(19)28;3-2(4,5)1(6)7/h4-5,8-9,15-16H,6-7,10-14H2,1-3H3;(H,6,7). The third kappa shape index (κ3) is 6.04. The smallest absolute Gasteiger partial charge is 0.488 e. The lowest BCUT2D eigenvalue weighted by Crippen LogP contribution is -2.38. The highest BCUT2D eigenvalue weighted by Gasteiger charge is 2.38. The van der Waals surface area contributed by atoms with Gasteiger partial charge in [-0.25, -0.2) is 4.79 Å². The van der Waals surface area contributed by atoms with Crippen molar-refractivity contribution in [1.29, 1.82) is 0 Å². The number of aliphatic carboxylic acids is 1. The summed E-state index contributed by atoms with van der Waals surface area (Å²) in [6.45, 7) is 2.90. The molecule has 3 aromatic rings. The number of carboxylic acid groups (broad SMARTS) is 1. The van der Waals surface area contributed by atoms with Crippen LogP contribution in [0.15, 0.2) is 29.1 Å². The second-order valence-electron chi connectivity index (χ2n) is 9.72. The average molecular weight is 570 g/mol. The molecule has 2 unspecified atom stereocenters. The van der Waals surface area contributed by atoms with Crippen LogP contribution in [0.3, 0.4) is 0 Å². The second kappa shape index (κ2) is 11.5. The maximum Gasteiger partial charge on any atom is 0.490 e. The molecule has 0 radical (unpaired) electrons. The largest absolute Gasteiger partial charge is 0.490 e. The molecule has 1 amide bonds. The third-order valence-corrected chi connectivity index (χ3v) is 8.19. The maximum atomic E-state index is 13.7. The number of likely N-dealkylation sites (N-methyl/N-ethyl adjacent to an activating group) is 2. The van der Waals surface area contributed by atoms with E-state index in [1.165, 1.54) is 11.3 Å². The molecule has 13 heteroatoms. The number of likely N-dealkylation sites (tertiary alicyclic amines) is 1. The summed E-state index contributed by atoms with van der Waals surface area (Å²) < 4.78 is 46.1. The number of amides is 1. The van der Waals surface area contributed by atoms with Crippen LogP contribution in [-0.2, 0) is 16.6 Å². The summed E-state index contributed by atoms with van der Waals surface area (Å²) >= 11 is 1.37. The number of nitrogens with zero attached hydrogens (tertiary/aromatic N) is 3. The van der Waals surface area contributed by atoms with E-state index in [1.807, 2.05) is 36.2 Å². The number of thiophene rings is 1. The molecular weight excluding hydrogens is 539 g/mol. The van der Waals surface area contributed by atoms with Crippen LogP contribution in [0.4, 0.5) is 13.2 Å². The van der Waals surface area contributed by atoms with Crippen LogP contribution in [0, 0.1) is 0 Å². The first kappa shape index (κ1) is 28.8. The van der Waals surface area contributed by atoms with E-state index in [2.05, 4.69) is 11.9 Å². The van der Waals surface area contributed by atoms with Gasteiger partial charge < -0.3 is 28.9 Å². The van der Waals surface area contributed by atoms with Crippen LogP contribution >= 0.6 is 11.3 Å². The predicted molar refractivity (Wildman–Crippen MR) is 141 cm³/mol. The lowest BCUT2D eigenvalue weighted by Gasteiger charge is -2.24.